The maximum atomic E-state index is 11.6. The quantitative estimate of drug-likeness (QED) is 0.767. The second-order valence-electron chi connectivity index (χ2n) is 7.93. The van der Waals surface area contributed by atoms with Gasteiger partial charge in [0.15, 0.2) is 0 Å². The van der Waals surface area contributed by atoms with Crippen LogP contribution in [0.15, 0.2) is 0 Å². The van der Waals surface area contributed by atoms with Crippen molar-refractivity contribution in [1.29, 1.82) is 0 Å². The van der Waals surface area contributed by atoms with Crippen LogP contribution in [0.25, 0.3) is 0 Å². The lowest BCUT2D eigenvalue weighted by molar-refractivity contribution is -0.152. The van der Waals surface area contributed by atoms with Crippen LogP contribution >= 0.6 is 0 Å². The molecule has 0 saturated heterocycles. The van der Waals surface area contributed by atoms with Crippen LogP contribution in [0.4, 0.5) is 0 Å². The largest absolute Gasteiger partial charge is 0.388 e. The van der Waals surface area contributed by atoms with Crippen molar-refractivity contribution in [2.75, 3.05) is 0 Å². The van der Waals surface area contributed by atoms with Crippen LogP contribution in [0.3, 0.4) is 0 Å². The first-order valence-corrected chi connectivity index (χ1v) is 7.59. The van der Waals surface area contributed by atoms with E-state index < -0.39 is 5.60 Å². The molecule has 0 radical (unpaired) electrons. The Morgan fingerprint density at radius 3 is 2.37 bits per heavy atom. The van der Waals surface area contributed by atoms with Gasteiger partial charge in [0.25, 0.3) is 0 Å². The minimum absolute atomic E-state index is 0.00910. The van der Waals surface area contributed by atoms with Gasteiger partial charge in [0, 0.05) is 6.92 Å². The number of hydrogen-bond acceptors (Lipinski definition) is 2. The number of carbonyl (C=O) groups excluding carboxylic acids is 1. The summed E-state index contributed by atoms with van der Waals surface area (Å²) in [6, 6.07) is -0.129. The molecule has 2 aliphatic carbocycles. The molecule has 0 aromatic rings. The van der Waals surface area contributed by atoms with Gasteiger partial charge in [-0.1, -0.05) is 27.2 Å². The highest BCUT2D eigenvalue weighted by atomic mass is 16.3. The molecule has 0 bridgehead atoms. The number of nitrogens with one attached hydrogen (secondary N) is 1. The van der Waals surface area contributed by atoms with Gasteiger partial charge in [0.1, 0.15) is 0 Å². The molecule has 2 fully saturated rings. The van der Waals surface area contributed by atoms with Gasteiger partial charge in [-0.05, 0) is 49.4 Å². The molecular weight excluding hydrogens is 238 g/mol. The van der Waals surface area contributed by atoms with E-state index in [1.54, 1.807) is 6.92 Å². The van der Waals surface area contributed by atoms with E-state index in [1.807, 2.05) is 6.92 Å². The number of aliphatic hydroxyl groups is 1. The standard InChI is InChI=1S/C16H29NO2/c1-11(18)17-13-15(4)9-6-8-14(2,3)12(15)7-10-16(13,5)19/h12-13,19H,6-10H2,1-5H3,(H,17,18). The molecule has 0 heterocycles. The fourth-order valence-corrected chi connectivity index (χ4v) is 5.05. The summed E-state index contributed by atoms with van der Waals surface area (Å²) < 4.78 is 0. The normalized spacial score (nSPS) is 45.4. The Balaban J connectivity index is 2.38. The highest BCUT2D eigenvalue weighted by molar-refractivity contribution is 5.73. The molecule has 19 heavy (non-hydrogen) atoms. The van der Waals surface area contributed by atoms with E-state index in [4.69, 9.17) is 0 Å². The summed E-state index contributed by atoms with van der Waals surface area (Å²) in [5, 5.41) is 13.8. The highest BCUT2D eigenvalue weighted by Crippen LogP contribution is 2.59. The molecule has 2 N–H and O–H groups in total. The Labute approximate surface area is 117 Å². The number of hydrogen-bond donors (Lipinski definition) is 2. The molecule has 2 rings (SSSR count). The molecule has 0 aliphatic heterocycles. The van der Waals surface area contributed by atoms with Crippen molar-refractivity contribution in [1.82, 2.24) is 5.32 Å². The number of carbonyl (C=O) groups is 1. The molecule has 1 amide bonds. The van der Waals surface area contributed by atoms with E-state index in [0.29, 0.717) is 11.3 Å². The van der Waals surface area contributed by atoms with Crippen LogP contribution in [0.5, 0.6) is 0 Å². The average Bonchev–Trinajstić information content (AvgIpc) is 2.22. The van der Waals surface area contributed by atoms with Crippen LogP contribution in [0, 0.1) is 16.7 Å². The van der Waals surface area contributed by atoms with Crippen molar-refractivity contribution < 1.29 is 9.90 Å². The zero-order chi connectivity index (χ0) is 14.5. The predicted octanol–water partition coefficient (Wildman–Crippen LogP) is 2.87. The van der Waals surface area contributed by atoms with Gasteiger partial charge in [-0.3, -0.25) is 4.79 Å². The van der Waals surface area contributed by atoms with Crippen LogP contribution in [-0.2, 0) is 4.79 Å². The van der Waals surface area contributed by atoms with Gasteiger partial charge in [0.05, 0.1) is 11.6 Å². The third kappa shape index (κ3) is 2.42. The molecule has 0 aromatic heterocycles. The lowest BCUT2D eigenvalue weighted by Gasteiger charge is -2.61. The molecule has 2 saturated carbocycles. The Bertz CT molecular complexity index is 375. The fraction of sp³-hybridized carbons (Fsp3) is 0.938. The predicted molar refractivity (Wildman–Crippen MR) is 76.7 cm³/mol. The third-order valence-electron chi connectivity index (χ3n) is 5.84. The van der Waals surface area contributed by atoms with Gasteiger partial charge >= 0.3 is 0 Å². The summed E-state index contributed by atoms with van der Waals surface area (Å²) >= 11 is 0. The lowest BCUT2D eigenvalue weighted by atomic mass is 9.47. The molecule has 4 unspecified atom stereocenters. The van der Waals surface area contributed by atoms with Crippen LogP contribution in [0.1, 0.15) is 66.7 Å². The highest BCUT2D eigenvalue weighted by Gasteiger charge is 2.58. The fourth-order valence-electron chi connectivity index (χ4n) is 5.05. The monoisotopic (exact) mass is 267 g/mol. The van der Waals surface area contributed by atoms with Crippen molar-refractivity contribution in [2.45, 2.75) is 78.4 Å². The summed E-state index contributed by atoms with van der Waals surface area (Å²) in [5.41, 5.74) is -0.472. The van der Waals surface area contributed by atoms with E-state index >= 15 is 0 Å². The van der Waals surface area contributed by atoms with Crippen molar-refractivity contribution >= 4 is 5.91 Å². The van der Waals surface area contributed by atoms with Gasteiger partial charge in [0.2, 0.25) is 5.91 Å². The molecule has 3 nitrogen and oxygen atoms in total. The third-order valence-corrected chi connectivity index (χ3v) is 5.84. The SMILES string of the molecule is CC(=O)NC1C(C)(O)CCC2C(C)(C)CCCC21C. The van der Waals surface area contributed by atoms with Gasteiger partial charge in [-0.25, -0.2) is 0 Å². The van der Waals surface area contributed by atoms with Crippen molar-refractivity contribution in [3.63, 3.8) is 0 Å². The lowest BCUT2D eigenvalue weighted by Crippen LogP contribution is -2.66. The summed E-state index contributed by atoms with van der Waals surface area (Å²) in [6.07, 6.45) is 5.38. The second-order valence-corrected chi connectivity index (χ2v) is 7.93. The van der Waals surface area contributed by atoms with E-state index in [9.17, 15) is 9.90 Å². The summed E-state index contributed by atoms with van der Waals surface area (Å²) in [6.45, 7) is 10.4. The molecule has 110 valence electrons. The first-order chi connectivity index (χ1) is 8.59. The molecule has 3 heteroatoms. The Morgan fingerprint density at radius 2 is 1.79 bits per heavy atom. The molecule has 4 atom stereocenters. The van der Waals surface area contributed by atoms with Gasteiger partial charge < -0.3 is 10.4 Å². The Morgan fingerprint density at radius 1 is 1.16 bits per heavy atom. The van der Waals surface area contributed by atoms with Crippen LogP contribution in [0.2, 0.25) is 0 Å². The van der Waals surface area contributed by atoms with E-state index in [-0.39, 0.29) is 17.4 Å². The average molecular weight is 267 g/mol. The maximum absolute atomic E-state index is 11.6. The number of rotatable bonds is 1. The summed E-state index contributed by atoms with van der Waals surface area (Å²) in [4.78, 5) is 11.6. The van der Waals surface area contributed by atoms with E-state index in [0.717, 1.165) is 19.3 Å². The number of fused-ring (bicyclic) bond motifs is 1. The number of amides is 1. The molecule has 0 aromatic carbocycles. The van der Waals surface area contributed by atoms with E-state index in [1.165, 1.54) is 12.8 Å². The minimum Gasteiger partial charge on any atom is -0.388 e. The zero-order valence-electron chi connectivity index (χ0n) is 13.0. The van der Waals surface area contributed by atoms with Crippen molar-refractivity contribution in [2.24, 2.45) is 16.7 Å². The Hall–Kier alpha value is -0.570. The molecule has 0 spiro atoms. The maximum Gasteiger partial charge on any atom is 0.217 e. The first-order valence-electron chi connectivity index (χ1n) is 7.59. The van der Waals surface area contributed by atoms with Crippen LogP contribution in [-0.4, -0.2) is 22.7 Å². The molecular formula is C16H29NO2. The molecule has 2 aliphatic rings. The van der Waals surface area contributed by atoms with E-state index in [2.05, 4.69) is 26.1 Å². The summed E-state index contributed by atoms with van der Waals surface area (Å²) in [7, 11) is 0. The van der Waals surface area contributed by atoms with Gasteiger partial charge in [-0.15, -0.1) is 0 Å². The Kier molecular flexibility index (Phi) is 3.49. The summed E-state index contributed by atoms with van der Waals surface area (Å²) in [5.74, 6) is 0.543. The van der Waals surface area contributed by atoms with Crippen molar-refractivity contribution in [3.8, 4) is 0 Å². The zero-order valence-corrected chi connectivity index (χ0v) is 13.0. The van der Waals surface area contributed by atoms with Crippen LogP contribution < -0.4 is 5.32 Å². The van der Waals surface area contributed by atoms with Crippen molar-refractivity contribution in [3.05, 3.63) is 0 Å². The minimum atomic E-state index is -0.787. The second kappa shape index (κ2) is 4.47. The topological polar surface area (TPSA) is 49.3 Å². The smallest absolute Gasteiger partial charge is 0.217 e. The first kappa shape index (κ1) is 14.8. The van der Waals surface area contributed by atoms with Gasteiger partial charge in [-0.2, -0.15) is 0 Å².